The van der Waals surface area contributed by atoms with E-state index in [1.54, 1.807) is 17.5 Å². The summed E-state index contributed by atoms with van der Waals surface area (Å²) in [6, 6.07) is 7.54. The number of hydrogen-bond donors (Lipinski definition) is 1. The van der Waals surface area contributed by atoms with Gasteiger partial charge in [-0.1, -0.05) is 6.07 Å². The van der Waals surface area contributed by atoms with E-state index >= 15 is 0 Å². The Bertz CT molecular complexity index is 782. The Morgan fingerprint density at radius 3 is 2.45 bits per heavy atom. The Morgan fingerprint density at radius 1 is 1.09 bits per heavy atom. The number of halogens is 1. The Morgan fingerprint density at radius 2 is 1.82 bits per heavy atom. The first-order valence-corrected chi connectivity index (χ1v) is 7.15. The molecule has 110 valence electrons. The smallest absolute Gasteiger partial charge is 0.273 e. The van der Waals surface area contributed by atoms with Crippen LogP contribution in [0.2, 0.25) is 0 Å². The number of thiophene rings is 1. The fraction of sp³-hybridized carbons (Fsp3) is 0. The monoisotopic (exact) mass is 316 g/mol. The number of nitrogens with zero attached hydrogens (tertiary/aromatic N) is 1. The molecule has 0 radical (unpaired) electrons. The van der Waals surface area contributed by atoms with Gasteiger partial charge in [0.1, 0.15) is 11.4 Å². The number of amides is 4. The van der Waals surface area contributed by atoms with E-state index in [1.807, 2.05) is 0 Å². The van der Waals surface area contributed by atoms with Crippen molar-refractivity contribution in [3.8, 4) is 0 Å². The number of benzene rings is 1. The molecule has 4 amide bonds. The van der Waals surface area contributed by atoms with Crippen molar-refractivity contribution in [3.63, 3.8) is 0 Å². The lowest BCUT2D eigenvalue weighted by atomic mass is 10.1. The zero-order chi connectivity index (χ0) is 15.7. The molecule has 0 saturated carbocycles. The van der Waals surface area contributed by atoms with Crippen molar-refractivity contribution in [3.05, 3.63) is 58.0 Å². The van der Waals surface area contributed by atoms with Gasteiger partial charge in [0.05, 0.1) is 5.69 Å². The summed E-state index contributed by atoms with van der Waals surface area (Å²) < 4.78 is 13.0. The molecule has 1 N–H and O–H groups in total. The van der Waals surface area contributed by atoms with E-state index in [2.05, 4.69) is 5.32 Å². The van der Waals surface area contributed by atoms with E-state index < -0.39 is 23.7 Å². The highest BCUT2D eigenvalue weighted by Crippen LogP contribution is 2.23. The van der Waals surface area contributed by atoms with Gasteiger partial charge in [0.15, 0.2) is 0 Å². The highest BCUT2D eigenvalue weighted by molar-refractivity contribution is 7.10. The quantitative estimate of drug-likeness (QED) is 0.684. The first-order valence-electron chi connectivity index (χ1n) is 6.27. The minimum absolute atomic E-state index is 0.147. The zero-order valence-corrected chi connectivity index (χ0v) is 11.9. The van der Waals surface area contributed by atoms with Crippen molar-refractivity contribution in [1.29, 1.82) is 0 Å². The van der Waals surface area contributed by atoms with E-state index in [4.69, 9.17) is 0 Å². The summed E-state index contributed by atoms with van der Waals surface area (Å²) in [4.78, 5) is 37.7. The maximum atomic E-state index is 13.0. The van der Waals surface area contributed by atoms with Crippen molar-refractivity contribution in [2.24, 2.45) is 0 Å². The summed E-state index contributed by atoms with van der Waals surface area (Å²) in [5.41, 5.74) is 0.0415. The lowest BCUT2D eigenvalue weighted by Crippen LogP contribution is -2.54. The lowest BCUT2D eigenvalue weighted by Gasteiger charge is -2.26. The summed E-state index contributed by atoms with van der Waals surface area (Å²) in [6.45, 7) is 0. The summed E-state index contributed by atoms with van der Waals surface area (Å²) in [6.07, 6.45) is 1.42. The van der Waals surface area contributed by atoms with Gasteiger partial charge >= 0.3 is 6.03 Å². The number of hydrogen-bond acceptors (Lipinski definition) is 4. The van der Waals surface area contributed by atoms with Gasteiger partial charge in [-0.05, 0) is 41.8 Å². The second-order valence-corrected chi connectivity index (χ2v) is 5.43. The second-order valence-electron chi connectivity index (χ2n) is 4.45. The number of carbonyl (C=O) groups is 3. The van der Waals surface area contributed by atoms with Gasteiger partial charge in [-0.15, -0.1) is 11.3 Å². The summed E-state index contributed by atoms with van der Waals surface area (Å²) in [7, 11) is 0. The van der Waals surface area contributed by atoms with Crippen LogP contribution < -0.4 is 10.2 Å². The summed E-state index contributed by atoms with van der Waals surface area (Å²) >= 11 is 1.36. The molecule has 5 nitrogen and oxygen atoms in total. The molecule has 1 saturated heterocycles. The average molecular weight is 316 g/mol. The van der Waals surface area contributed by atoms with Crippen LogP contribution in [0.5, 0.6) is 0 Å². The second kappa shape index (κ2) is 5.53. The highest BCUT2D eigenvalue weighted by Gasteiger charge is 2.36. The minimum Gasteiger partial charge on any atom is -0.273 e. The SMILES string of the molecule is O=C1NC(=O)N(c2ccc(F)cc2)C(=O)C1=Cc1cccs1. The zero-order valence-electron chi connectivity index (χ0n) is 11.1. The standard InChI is InChI=1S/C15H9FN2O3S/c16-9-3-5-10(6-4-9)18-14(20)12(13(19)17-15(18)21)8-11-2-1-7-22-11/h1-8H,(H,17,19,21). The van der Waals surface area contributed by atoms with E-state index in [0.717, 1.165) is 17.0 Å². The number of barbiturate groups is 1. The van der Waals surface area contributed by atoms with E-state index in [1.165, 1.54) is 29.5 Å². The Balaban J connectivity index is 2.01. The van der Waals surface area contributed by atoms with Gasteiger partial charge in [0.2, 0.25) is 0 Å². The van der Waals surface area contributed by atoms with Crippen LogP contribution in [0, 0.1) is 5.82 Å². The molecule has 0 aliphatic carbocycles. The predicted octanol–water partition coefficient (Wildman–Crippen LogP) is 2.55. The van der Waals surface area contributed by atoms with E-state index in [-0.39, 0.29) is 11.3 Å². The van der Waals surface area contributed by atoms with Gasteiger partial charge in [-0.2, -0.15) is 0 Å². The van der Waals surface area contributed by atoms with Crippen LogP contribution in [0.15, 0.2) is 47.4 Å². The maximum absolute atomic E-state index is 13.0. The molecule has 0 spiro atoms. The topological polar surface area (TPSA) is 66.5 Å². The Kier molecular flexibility index (Phi) is 3.56. The Labute approximate surface area is 128 Å². The number of urea groups is 1. The molecule has 0 unspecified atom stereocenters. The third kappa shape index (κ3) is 2.53. The van der Waals surface area contributed by atoms with Crippen LogP contribution >= 0.6 is 11.3 Å². The van der Waals surface area contributed by atoms with Gasteiger partial charge in [-0.3, -0.25) is 14.9 Å². The van der Waals surface area contributed by atoms with Crippen LogP contribution in [0.4, 0.5) is 14.9 Å². The normalized spacial score (nSPS) is 17.0. The molecular weight excluding hydrogens is 307 g/mol. The number of anilines is 1. The number of imide groups is 2. The fourth-order valence-corrected chi connectivity index (χ4v) is 2.66. The molecular formula is C15H9FN2O3S. The van der Waals surface area contributed by atoms with Crippen LogP contribution in [0.3, 0.4) is 0 Å². The van der Waals surface area contributed by atoms with E-state index in [9.17, 15) is 18.8 Å². The van der Waals surface area contributed by atoms with Crippen LogP contribution in [0.1, 0.15) is 4.88 Å². The molecule has 0 atom stereocenters. The average Bonchev–Trinajstić information content (AvgIpc) is 2.98. The largest absolute Gasteiger partial charge is 0.335 e. The molecule has 7 heteroatoms. The molecule has 0 bridgehead atoms. The predicted molar refractivity (Wildman–Crippen MR) is 79.7 cm³/mol. The van der Waals surface area contributed by atoms with Gasteiger partial charge in [0.25, 0.3) is 11.8 Å². The molecule has 3 rings (SSSR count). The summed E-state index contributed by atoms with van der Waals surface area (Å²) in [5, 5.41) is 3.91. The number of carbonyl (C=O) groups excluding carboxylic acids is 3. The van der Waals surface area contributed by atoms with Crippen molar-refractivity contribution in [2.45, 2.75) is 0 Å². The third-order valence-corrected chi connectivity index (χ3v) is 3.84. The Hall–Kier alpha value is -2.80. The molecule has 2 aromatic rings. The molecule has 1 aliphatic rings. The van der Waals surface area contributed by atoms with E-state index in [0.29, 0.717) is 4.88 Å². The molecule has 2 heterocycles. The molecule has 1 aromatic carbocycles. The first kappa shape index (κ1) is 14.2. The third-order valence-electron chi connectivity index (χ3n) is 3.02. The van der Waals surface area contributed by atoms with Crippen molar-refractivity contribution < 1.29 is 18.8 Å². The fourth-order valence-electron chi connectivity index (χ4n) is 2.00. The molecule has 1 aliphatic heterocycles. The van der Waals surface area contributed by atoms with Crippen LogP contribution in [-0.2, 0) is 9.59 Å². The first-order chi connectivity index (χ1) is 10.6. The number of rotatable bonds is 2. The van der Waals surface area contributed by atoms with Crippen molar-refractivity contribution >= 4 is 40.9 Å². The van der Waals surface area contributed by atoms with Gasteiger partial charge in [-0.25, -0.2) is 14.1 Å². The van der Waals surface area contributed by atoms with Gasteiger partial charge in [0, 0.05) is 4.88 Å². The maximum Gasteiger partial charge on any atom is 0.335 e. The molecule has 22 heavy (non-hydrogen) atoms. The highest BCUT2D eigenvalue weighted by atomic mass is 32.1. The molecule has 1 fully saturated rings. The van der Waals surface area contributed by atoms with Crippen molar-refractivity contribution in [1.82, 2.24) is 5.32 Å². The lowest BCUT2D eigenvalue weighted by molar-refractivity contribution is -0.122. The number of nitrogens with one attached hydrogen (secondary N) is 1. The van der Waals surface area contributed by atoms with Crippen LogP contribution in [0.25, 0.3) is 6.08 Å². The summed E-state index contributed by atoms with van der Waals surface area (Å²) in [5.74, 6) is -1.98. The van der Waals surface area contributed by atoms with Gasteiger partial charge < -0.3 is 0 Å². The minimum atomic E-state index is -0.857. The molecule has 1 aromatic heterocycles. The van der Waals surface area contributed by atoms with Crippen LogP contribution in [-0.4, -0.2) is 17.8 Å². The van der Waals surface area contributed by atoms with Crippen molar-refractivity contribution in [2.75, 3.05) is 4.90 Å².